The maximum absolute atomic E-state index is 12.3. The fourth-order valence-electron chi connectivity index (χ4n) is 1.89. The van der Waals surface area contributed by atoms with Crippen molar-refractivity contribution in [3.05, 3.63) is 41.4 Å². The minimum absolute atomic E-state index is 0.183. The molecule has 0 unspecified atom stereocenters. The lowest BCUT2D eigenvalue weighted by atomic mass is 10.2. The van der Waals surface area contributed by atoms with Crippen molar-refractivity contribution in [1.82, 2.24) is 0 Å². The predicted molar refractivity (Wildman–Crippen MR) is 76.3 cm³/mol. The van der Waals surface area contributed by atoms with Gasteiger partial charge in [0.25, 0.3) is 0 Å². The van der Waals surface area contributed by atoms with Gasteiger partial charge in [-0.1, -0.05) is 30.0 Å². The highest BCUT2D eigenvalue weighted by molar-refractivity contribution is 8.05. The number of allylic oxidation sites excluding steroid dienone is 1. The molecule has 1 fully saturated rings. The Hall–Kier alpha value is -2.08. The largest absolute Gasteiger partial charge is 0.481 e. The zero-order valence-corrected chi connectivity index (χ0v) is 11.6. The molecule has 1 N–H and O–H groups in total. The van der Waals surface area contributed by atoms with Crippen molar-refractivity contribution in [2.24, 2.45) is 0 Å². The third-order valence-corrected chi connectivity index (χ3v) is 3.88. The Labute approximate surface area is 120 Å². The van der Waals surface area contributed by atoms with Gasteiger partial charge in [-0.25, -0.2) is 0 Å². The fraction of sp³-hybridized carbons (Fsp3) is 0.214. The molecule has 0 radical (unpaired) electrons. The van der Waals surface area contributed by atoms with E-state index in [0.717, 1.165) is 11.8 Å². The molecule has 1 aliphatic heterocycles. The van der Waals surface area contributed by atoms with Crippen LogP contribution < -0.4 is 4.90 Å². The monoisotopic (exact) mass is 291 g/mol. The predicted octanol–water partition coefficient (Wildman–Crippen LogP) is 2.04. The molecule has 20 heavy (non-hydrogen) atoms. The lowest BCUT2D eigenvalue weighted by Crippen LogP contribution is -2.29. The number of hydrogen-bond donors (Lipinski definition) is 1. The molecular formula is C14H13NO4S. The summed E-state index contributed by atoms with van der Waals surface area (Å²) in [5, 5.41) is 8.62. The molecule has 1 aliphatic rings. The SMILES string of the molecule is CC(=O)/C=C1\S[C@@H](CC(=O)O)C(=O)N1c1ccccc1. The number of para-hydroxylation sites is 1. The fourth-order valence-corrected chi connectivity index (χ4v) is 3.15. The zero-order chi connectivity index (χ0) is 14.7. The van der Waals surface area contributed by atoms with Gasteiger partial charge in [-0.15, -0.1) is 0 Å². The Morgan fingerprint density at radius 3 is 2.55 bits per heavy atom. The van der Waals surface area contributed by atoms with Crippen LogP contribution in [0, 0.1) is 0 Å². The molecule has 0 aromatic heterocycles. The highest BCUT2D eigenvalue weighted by Gasteiger charge is 2.38. The van der Waals surface area contributed by atoms with E-state index in [9.17, 15) is 14.4 Å². The molecule has 0 aliphatic carbocycles. The minimum atomic E-state index is -1.03. The summed E-state index contributed by atoms with van der Waals surface area (Å²) in [4.78, 5) is 35.8. The third-order valence-electron chi connectivity index (χ3n) is 2.68. The maximum Gasteiger partial charge on any atom is 0.305 e. The quantitative estimate of drug-likeness (QED) is 0.859. The van der Waals surface area contributed by atoms with Crippen molar-refractivity contribution in [3.63, 3.8) is 0 Å². The second-order valence-electron chi connectivity index (χ2n) is 4.31. The average molecular weight is 291 g/mol. The van der Waals surface area contributed by atoms with Crippen LogP contribution >= 0.6 is 11.8 Å². The number of ketones is 1. The molecule has 1 saturated heterocycles. The van der Waals surface area contributed by atoms with E-state index in [2.05, 4.69) is 0 Å². The van der Waals surface area contributed by atoms with E-state index < -0.39 is 11.2 Å². The lowest BCUT2D eigenvalue weighted by Gasteiger charge is -2.17. The number of amides is 1. The summed E-state index contributed by atoms with van der Waals surface area (Å²) in [6.45, 7) is 1.39. The number of hydrogen-bond acceptors (Lipinski definition) is 4. The van der Waals surface area contributed by atoms with Crippen molar-refractivity contribution >= 4 is 35.1 Å². The summed E-state index contributed by atoms with van der Waals surface area (Å²) in [5.41, 5.74) is 0.630. The van der Waals surface area contributed by atoms with Gasteiger partial charge in [0.1, 0.15) is 5.25 Å². The molecule has 0 saturated carbocycles. The molecular weight excluding hydrogens is 278 g/mol. The van der Waals surface area contributed by atoms with Crippen molar-refractivity contribution in [2.75, 3.05) is 4.90 Å². The number of carboxylic acid groups (broad SMARTS) is 1. The van der Waals surface area contributed by atoms with Crippen LogP contribution in [0.5, 0.6) is 0 Å². The van der Waals surface area contributed by atoms with E-state index in [1.807, 2.05) is 6.07 Å². The van der Waals surface area contributed by atoms with E-state index in [0.29, 0.717) is 10.7 Å². The molecule has 5 nitrogen and oxygen atoms in total. The van der Waals surface area contributed by atoms with Crippen LogP contribution in [0.2, 0.25) is 0 Å². The number of nitrogens with zero attached hydrogens (tertiary/aromatic N) is 1. The summed E-state index contributed by atoms with van der Waals surface area (Å²) in [5.74, 6) is -1.53. The molecule has 1 aromatic carbocycles. The molecule has 6 heteroatoms. The second-order valence-corrected chi connectivity index (χ2v) is 5.53. The molecule has 1 heterocycles. The van der Waals surface area contributed by atoms with Gasteiger partial charge in [0.2, 0.25) is 5.91 Å². The van der Waals surface area contributed by atoms with Gasteiger partial charge >= 0.3 is 5.97 Å². The normalized spacial score (nSPS) is 20.4. The summed E-state index contributed by atoms with van der Waals surface area (Å²) in [6.07, 6.45) is 1.10. The van der Waals surface area contributed by atoms with Crippen LogP contribution in [-0.2, 0) is 14.4 Å². The Balaban J connectivity index is 2.37. The Morgan fingerprint density at radius 1 is 1.35 bits per heavy atom. The number of thioether (sulfide) groups is 1. The third kappa shape index (κ3) is 3.08. The lowest BCUT2D eigenvalue weighted by molar-refractivity contribution is -0.138. The Bertz CT molecular complexity index is 582. The molecule has 1 atom stereocenters. The van der Waals surface area contributed by atoms with Gasteiger partial charge in [-0.2, -0.15) is 0 Å². The average Bonchev–Trinajstić information content (AvgIpc) is 2.65. The molecule has 104 valence electrons. The first-order valence-electron chi connectivity index (χ1n) is 5.99. The molecule has 0 bridgehead atoms. The number of rotatable bonds is 4. The highest BCUT2D eigenvalue weighted by atomic mass is 32.2. The standard InChI is InChI=1S/C14H13NO4S/c1-9(16)7-12-15(10-5-3-2-4-6-10)14(19)11(20-12)8-13(17)18/h2-7,11H,8H2,1H3,(H,17,18)/b12-7-/t11-/m0/s1. The summed E-state index contributed by atoms with van der Waals surface area (Å²) < 4.78 is 0. The molecule has 1 aromatic rings. The topological polar surface area (TPSA) is 74.7 Å². The second kappa shape index (κ2) is 5.92. The first kappa shape index (κ1) is 14.3. The molecule has 0 spiro atoms. The summed E-state index contributed by atoms with van der Waals surface area (Å²) in [6, 6.07) is 8.87. The van der Waals surface area contributed by atoms with Crippen molar-refractivity contribution in [1.29, 1.82) is 0 Å². The van der Waals surface area contributed by atoms with E-state index in [-0.39, 0.29) is 18.1 Å². The van der Waals surface area contributed by atoms with Gasteiger partial charge in [0.05, 0.1) is 11.4 Å². The highest BCUT2D eigenvalue weighted by Crippen LogP contribution is 2.39. The van der Waals surface area contributed by atoms with Crippen LogP contribution in [0.1, 0.15) is 13.3 Å². The van der Waals surface area contributed by atoms with Gasteiger partial charge in [0, 0.05) is 11.8 Å². The number of benzene rings is 1. The Kier molecular flexibility index (Phi) is 4.24. The maximum atomic E-state index is 12.3. The number of carboxylic acids is 1. The van der Waals surface area contributed by atoms with Crippen LogP contribution in [0.4, 0.5) is 5.69 Å². The first-order valence-corrected chi connectivity index (χ1v) is 6.86. The van der Waals surface area contributed by atoms with Crippen molar-refractivity contribution in [3.8, 4) is 0 Å². The zero-order valence-electron chi connectivity index (χ0n) is 10.8. The van der Waals surface area contributed by atoms with Crippen LogP contribution in [0.15, 0.2) is 41.4 Å². The van der Waals surface area contributed by atoms with Gasteiger partial charge in [0.15, 0.2) is 5.78 Å². The van der Waals surface area contributed by atoms with E-state index >= 15 is 0 Å². The van der Waals surface area contributed by atoms with Gasteiger partial charge in [-0.3, -0.25) is 19.3 Å². The smallest absolute Gasteiger partial charge is 0.305 e. The van der Waals surface area contributed by atoms with Gasteiger partial charge < -0.3 is 5.11 Å². The van der Waals surface area contributed by atoms with Crippen LogP contribution in [0.3, 0.4) is 0 Å². The molecule has 2 rings (SSSR count). The van der Waals surface area contributed by atoms with Crippen LogP contribution in [-0.4, -0.2) is 28.0 Å². The summed E-state index contributed by atoms with van der Waals surface area (Å²) >= 11 is 1.11. The Morgan fingerprint density at radius 2 is 2.00 bits per heavy atom. The van der Waals surface area contributed by atoms with Crippen molar-refractivity contribution < 1.29 is 19.5 Å². The number of carbonyl (C=O) groups excluding carboxylic acids is 2. The van der Waals surface area contributed by atoms with E-state index in [1.165, 1.54) is 17.9 Å². The van der Waals surface area contributed by atoms with Crippen LogP contribution in [0.25, 0.3) is 0 Å². The minimum Gasteiger partial charge on any atom is -0.481 e. The van der Waals surface area contributed by atoms with Gasteiger partial charge in [-0.05, 0) is 19.1 Å². The first-order chi connectivity index (χ1) is 9.49. The van der Waals surface area contributed by atoms with E-state index in [1.54, 1.807) is 24.3 Å². The number of carbonyl (C=O) groups is 3. The number of aliphatic carboxylic acids is 1. The summed E-state index contributed by atoms with van der Waals surface area (Å²) in [7, 11) is 0. The van der Waals surface area contributed by atoms with E-state index in [4.69, 9.17) is 5.11 Å². The number of anilines is 1. The van der Waals surface area contributed by atoms with Crippen molar-refractivity contribution in [2.45, 2.75) is 18.6 Å². The molecule has 1 amide bonds.